The van der Waals surface area contributed by atoms with Gasteiger partial charge in [0.1, 0.15) is 35.7 Å². The molecule has 0 saturated heterocycles. The van der Waals surface area contributed by atoms with E-state index in [1.54, 1.807) is 22.2 Å². The molecule has 52 heavy (non-hydrogen) atoms. The lowest BCUT2D eigenvalue weighted by molar-refractivity contribution is -0.135. The van der Waals surface area contributed by atoms with E-state index in [9.17, 15) is 19.2 Å². The third-order valence-corrected chi connectivity index (χ3v) is 8.08. The molecular weight excluding hydrogens is 668 g/mol. The molecule has 0 saturated carbocycles. The molecule has 2 heterocycles. The van der Waals surface area contributed by atoms with Crippen LogP contribution in [0.3, 0.4) is 0 Å². The first-order valence-corrected chi connectivity index (χ1v) is 17.2. The van der Waals surface area contributed by atoms with E-state index in [4.69, 9.17) is 14.5 Å². The zero-order valence-electron chi connectivity index (χ0n) is 30.5. The van der Waals surface area contributed by atoms with Crippen LogP contribution in [0.25, 0.3) is 22.5 Å². The molecule has 0 bridgehead atoms. The number of carbonyl (C=O) groups excluding carboxylic acids is 4. The second-order valence-corrected chi connectivity index (χ2v) is 12.4. The second-order valence-electron chi connectivity index (χ2n) is 12.4. The van der Waals surface area contributed by atoms with Crippen molar-refractivity contribution in [1.29, 1.82) is 0 Å². The second kappa shape index (κ2) is 18.9. The summed E-state index contributed by atoms with van der Waals surface area (Å²) in [4.78, 5) is 68.3. The Morgan fingerprint density at radius 1 is 0.846 bits per heavy atom. The molecule has 4 rings (SSSR count). The number of H-pyrrole nitrogens is 2. The Balaban J connectivity index is 1.39. The SMILES string of the molecule is CCCN(Cc1nc(-c2cccc(Oc3ccc(-c4cnc(CN(CCC)C(=O)[C@@H](NC(=O)OC)C(C)C)[nH]4)cc3)c2)c[nH]1)C(=O)CNC(=O)OC. The minimum absolute atomic E-state index is 0.130. The molecule has 4 aromatic rings. The van der Waals surface area contributed by atoms with Gasteiger partial charge in [-0.3, -0.25) is 9.59 Å². The Hall–Kier alpha value is -5.86. The van der Waals surface area contributed by atoms with E-state index < -0.39 is 18.2 Å². The van der Waals surface area contributed by atoms with Crippen LogP contribution in [0, 0.1) is 5.92 Å². The zero-order chi connectivity index (χ0) is 37.6. The average Bonchev–Trinajstić information content (AvgIpc) is 3.82. The Bertz CT molecular complexity index is 1790. The number of aromatic amines is 2. The van der Waals surface area contributed by atoms with Crippen molar-refractivity contribution in [3.8, 4) is 34.0 Å². The van der Waals surface area contributed by atoms with Gasteiger partial charge in [-0.2, -0.15) is 0 Å². The number of rotatable bonds is 17. The molecule has 0 aliphatic heterocycles. The fourth-order valence-electron chi connectivity index (χ4n) is 5.43. The molecule has 0 aliphatic rings. The third-order valence-electron chi connectivity index (χ3n) is 8.08. The topological polar surface area (TPSA) is 184 Å². The van der Waals surface area contributed by atoms with E-state index in [2.05, 4.69) is 30.3 Å². The van der Waals surface area contributed by atoms with Crippen LogP contribution in [-0.4, -0.2) is 93.6 Å². The fourth-order valence-corrected chi connectivity index (χ4v) is 5.43. The summed E-state index contributed by atoms with van der Waals surface area (Å²) >= 11 is 0. The third kappa shape index (κ3) is 10.8. The van der Waals surface area contributed by atoms with Gasteiger partial charge in [0, 0.05) is 24.8 Å². The minimum Gasteiger partial charge on any atom is -0.457 e. The highest BCUT2D eigenvalue weighted by Crippen LogP contribution is 2.28. The molecule has 15 heteroatoms. The molecular formula is C37H48N8O7. The van der Waals surface area contributed by atoms with Gasteiger partial charge in [-0.05, 0) is 60.7 Å². The number of methoxy groups -OCH3 is 2. The quantitative estimate of drug-likeness (QED) is 0.110. The molecule has 0 fully saturated rings. The standard InChI is InChI=1S/C37H48N8O7/c1-7-16-44(33(46)21-40-36(48)50-5)22-31-39-20-30(42-31)26-10-9-11-28(18-26)52-27-14-12-25(13-15-27)29-19-38-32(41-29)23-45(17-8-2)35(47)34(24(3)4)43-37(49)51-6/h9-15,18-20,24,34H,7-8,16-17,21-23H2,1-6H3,(H,38,41)(H,39,42)(H,40,48)(H,43,49)/t34-/m0/s1. The molecule has 0 unspecified atom stereocenters. The first-order chi connectivity index (χ1) is 25.0. The molecule has 4 amide bonds. The Morgan fingerprint density at radius 2 is 1.54 bits per heavy atom. The minimum atomic E-state index is -0.721. The Morgan fingerprint density at radius 3 is 2.21 bits per heavy atom. The number of aromatic nitrogens is 4. The van der Waals surface area contributed by atoms with Gasteiger partial charge >= 0.3 is 12.2 Å². The van der Waals surface area contributed by atoms with Crippen LogP contribution in [0.1, 0.15) is 52.2 Å². The number of hydrogen-bond acceptors (Lipinski definition) is 9. The number of imidazole rings is 2. The first kappa shape index (κ1) is 38.9. The van der Waals surface area contributed by atoms with Crippen molar-refractivity contribution in [2.45, 2.75) is 59.7 Å². The van der Waals surface area contributed by atoms with Gasteiger partial charge in [-0.25, -0.2) is 19.6 Å². The fraction of sp³-hybridized carbons (Fsp3) is 0.405. The first-order valence-electron chi connectivity index (χ1n) is 17.2. The predicted octanol–water partition coefficient (Wildman–Crippen LogP) is 5.47. The zero-order valence-corrected chi connectivity index (χ0v) is 30.5. The van der Waals surface area contributed by atoms with Crippen molar-refractivity contribution in [2.75, 3.05) is 33.9 Å². The maximum atomic E-state index is 13.4. The van der Waals surface area contributed by atoms with Gasteiger partial charge in [0.25, 0.3) is 0 Å². The van der Waals surface area contributed by atoms with Crippen LogP contribution in [-0.2, 0) is 32.2 Å². The van der Waals surface area contributed by atoms with Gasteiger partial charge in [-0.1, -0.05) is 39.8 Å². The van der Waals surface area contributed by atoms with E-state index >= 15 is 0 Å². The van der Waals surface area contributed by atoms with Gasteiger partial charge in [0.2, 0.25) is 11.8 Å². The number of ether oxygens (including phenoxy) is 3. The highest BCUT2D eigenvalue weighted by Gasteiger charge is 2.29. The van der Waals surface area contributed by atoms with E-state index in [0.29, 0.717) is 41.9 Å². The molecule has 4 N–H and O–H groups in total. The summed E-state index contributed by atoms with van der Waals surface area (Å²) < 4.78 is 15.4. The highest BCUT2D eigenvalue weighted by atomic mass is 16.5. The number of benzene rings is 2. The molecule has 278 valence electrons. The van der Waals surface area contributed by atoms with Crippen molar-refractivity contribution >= 4 is 24.0 Å². The lowest BCUT2D eigenvalue weighted by Crippen LogP contribution is -2.51. The number of carbonyl (C=O) groups is 4. The van der Waals surface area contributed by atoms with E-state index in [-0.39, 0.29) is 37.4 Å². The smallest absolute Gasteiger partial charge is 0.407 e. The molecule has 2 aromatic heterocycles. The van der Waals surface area contributed by atoms with Crippen LogP contribution in [0.5, 0.6) is 11.5 Å². The highest BCUT2D eigenvalue weighted by molar-refractivity contribution is 5.86. The van der Waals surface area contributed by atoms with Crippen LogP contribution >= 0.6 is 0 Å². The largest absolute Gasteiger partial charge is 0.457 e. The molecule has 1 atom stereocenters. The van der Waals surface area contributed by atoms with Crippen molar-refractivity contribution < 1.29 is 33.4 Å². The van der Waals surface area contributed by atoms with Crippen molar-refractivity contribution in [2.24, 2.45) is 5.92 Å². The molecule has 15 nitrogen and oxygen atoms in total. The number of hydrogen-bond donors (Lipinski definition) is 4. The van der Waals surface area contributed by atoms with Crippen molar-refractivity contribution in [3.63, 3.8) is 0 Å². The maximum absolute atomic E-state index is 13.4. The summed E-state index contributed by atoms with van der Waals surface area (Å²) in [6.07, 6.45) is 3.69. The van der Waals surface area contributed by atoms with E-state index in [0.717, 1.165) is 29.7 Å². The normalized spacial score (nSPS) is 11.4. The predicted molar refractivity (Wildman–Crippen MR) is 194 cm³/mol. The van der Waals surface area contributed by atoms with Crippen LogP contribution in [0.15, 0.2) is 60.9 Å². The maximum Gasteiger partial charge on any atom is 0.407 e. The van der Waals surface area contributed by atoms with Gasteiger partial charge in [-0.15, -0.1) is 0 Å². The van der Waals surface area contributed by atoms with Gasteiger partial charge in [0.05, 0.1) is 44.9 Å². The molecule has 0 aliphatic carbocycles. The average molecular weight is 717 g/mol. The summed E-state index contributed by atoms with van der Waals surface area (Å²) in [6, 6.07) is 14.4. The Kier molecular flexibility index (Phi) is 14.2. The van der Waals surface area contributed by atoms with E-state index in [1.807, 2.05) is 76.2 Å². The number of alkyl carbamates (subject to hydrolysis) is 2. The van der Waals surface area contributed by atoms with E-state index in [1.165, 1.54) is 14.2 Å². The summed E-state index contributed by atoms with van der Waals surface area (Å²) in [5.74, 6) is 1.92. The number of amides is 4. The lowest BCUT2D eigenvalue weighted by Gasteiger charge is -2.28. The Labute approximate surface area is 303 Å². The molecule has 2 aromatic carbocycles. The van der Waals surface area contributed by atoms with Gasteiger partial charge < -0.3 is 44.6 Å². The van der Waals surface area contributed by atoms with Crippen molar-refractivity contribution in [1.82, 2.24) is 40.4 Å². The van der Waals surface area contributed by atoms with Crippen LogP contribution in [0.4, 0.5) is 9.59 Å². The number of nitrogens with one attached hydrogen (secondary N) is 4. The van der Waals surface area contributed by atoms with Crippen LogP contribution < -0.4 is 15.4 Å². The van der Waals surface area contributed by atoms with Crippen molar-refractivity contribution in [3.05, 3.63) is 72.6 Å². The van der Waals surface area contributed by atoms with Gasteiger partial charge in [0.15, 0.2) is 0 Å². The van der Waals surface area contributed by atoms with Crippen LogP contribution in [0.2, 0.25) is 0 Å². The summed E-state index contributed by atoms with van der Waals surface area (Å²) in [6.45, 7) is 9.08. The summed E-state index contributed by atoms with van der Waals surface area (Å²) in [5.41, 5.74) is 3.20. The lowest BCUT2D eigenvalue weighted by atomic mass is 10.0. The number of nitrogens with zero attached hydrogens (tertiary/aromatic N) is 4. The molecule has 0 radical (unpaired) electrons. The monoisotopic (exact) mass is 716 g/mol. The summed E-state index contributed by atoms with van der Waals surface area (Å²) in [7, 11) is 2.52. The summed E-state index contributed by atoms with van der Waals surface area (Å²) in [5, 5.41) is 5.08. The molecule has 0 spiro atoms.